The topological polar surface area (TPSA) is 326 Å². The van der Waals surface area contributed by atoms with Crippen LogP contribution in [0.25, 0.3) is 0 Å². The molecule has 0 saturated heterocycles. The fraction of sp³-hybridized carbons (Fsp3) is 0.414. The molecule has 11 N–H and O–H groups in total. The minimum Gasteiger partial charge on any atom is -0.481 e. The highest BCUT2D eigenvalue weighted by Crippen LogP contribution is 2.08. The van der Waals surface area contributed by atoms with Crippen LogP contribution in [0.15, 0.2) is 340 Å². The minimum absolute atomic E-state index is 0.0270. The number of aliphatic hydroxyl groups is 4. The zero-order chi connectivity index (χ0) is 95.9. The molecule has 0 bridgehead atoms. The smallest absolute Gasteiger partial charge is 0.304 e. The molecule has 0 amide bonds. The first-order chi connectivity index (χ1) is 62.8. The number of hydrogen-bond acceptors (Lipinski definition) is 13. The third-order valence-corrected chi connectivity index (χ3v) is 16.2. The molecule has 0 spiro atoms. The Labute approximate surface area is 775 Å². The van der Waals surface area contributed by atoms with Gasteiger partial charge in [-0.3, -0.25) is 34.5 Å². The van der Waals surface area contributed by atoms with Gasteiger partial charge in [0.25, 0.3) is 0 Å². The molecule has 18 heteroatoms. The number of aliphatic carboxylic acids is 5. The summed E-state index contributed by atoms with van der Waals surface area (Å²) in [5, 5.41) is 98.8. The summed E-state index contributed by atoms with van der Waals surface area (Å²) in [6, 6.07) is 0. The van der Waals surface area contributed by atoms with Gasteiger partial charge in [0, 0.05) is 51.4 Å². The number of aliphatic hydroxyl groups excluding tert-OH is 4. The summed E-state index contributed by atoms with van der Waals surface area (Å²) in [7, 11) is 0. The van der Waals surface area contributed by atoms with E-state index in [2.05, 4.69) is 190 Å². The SMILES string of the molecule is CC/C=C\C/C=C\C/C=C\C/C=C\C/C=C\CC#CCCCC(=O)O.CC/C=C\CC(O)/C=C/C=C\C/C=C\C=C\C(C/C=C\CCC(=O)O)OO.CC/C=C\C[C@@H](/C=C/C=C\C/C=C\C/C=C\C/C=C\CCC(=O)O)OO.CC/C=C\C[C@@H](O)/C=C/C=C\C/C=C\C/C=C\C/C=C\CCC(=O)O.CC/C=C\C[C@H](O)/C=C/C=C\C/C=C\C=C\[C@@H](O)CC#CCCC(=O)O. The lowest BCUT2D eigenvalue weighted by Gasteiger charge is -2.04. The molecule has 0 aliphatic carbocycles. The van der Waals surface area contributed by atoms with E-state index in [9.17, 15) is 44.4 Å². The normalized spacial score (nSPS) is 14.1. The van der Waals surface area contributed by atoms with Crippen molar-refractivity contribution in [2.45, 2.75) is 296 Å². The summed E-state index contributed by atoms with van der Waals surface area (Å²) in [6.07, 6.45) is 132. The van der Waals surface area contributed by atoms with Crippen molar-refractivity contribution >= 4 is 29.8 Å². The molecule has 0 aliphatic rings. The van der Waals surface area contributed by atoms with Crippen LogP contribution in [0.1, 0.15) is 259 Å². The first-order valence-corrected chi connectivity index (χ1v) is 45.5. The van der Waals surface area contributed by atoms with E-state index in [0.717, 1.165) is 116 Å². The molecule has 0 fully saturated rings. The molecule has 0 aromatic rings. The quantitative estimate of drug-likeness (QED) is 0.00673. The van der Waals surface area contributed by atoms with Crippen LogP contribution in [-0.2, 0) is 33.7 Å². The largest absolute Gasteiger partial charge is 0.481 e. The number of carboxylic acid groups (broad SMARTS) is 5. The summed E-state index contributed by atoms with van der Waals surface area (Å²) in [5.74, 6) is 7.54. The zero-order valence-electron chi connectivity index (χ0n) is 77.8. The third kappa shape index (κ3) is 125. The van der Waals surface area contributed by atoms with Crippen LogP contribution in [0.2, 0.25) is 0 Å². The maximum Gasteiger partial charge on any atom is 0.304 e. The summed E-state index contributed by atoms with van der Waals surface area (Å²) >= 11 is 0. The molecular formula is C111H158O18. The van der Waals surface area contributed by atoms with Gasteiger partial charge in [0.2, 0.25) is 0 Å². The van der Waals surface area contributed by atoms with E-state index >= 15 is 0 Å². The predicted octanol–water partition coefficient (Wildman–Crippen LogP) is 26.8. The molecular weight excluding hydrogens is 1620 g/mol. The Morgan fingerprint density at radius 2 is 0.481 bits per heavy atom. The number of unbranched alkanes of at least 4 members (excludes halogenated alkanes) is 1. The summed E-state index contributed by atoms with van der Waals surface area (Å²) in [4.78, 5) is 60.4. The molecule has 2 unspecified atom stereocenters. The van der Waals surface area contributed by atoms with Crippen molar-refractivity contribution < 1.29 is 90.2 Å². The maximum absolute atomic E-state index is 10.4. The Kier molecular flexibility index (Phi) is 109. The molecule has 6 atom stereocenters. The molecule has 0 heterocycles. The van der Waals surface area contributed by atoms with E-state index in [1.165, 1.54) is 0 Å². The van der Waals surface area contributed by atoms with E-state index in [1.54, 1.807) is 54.7 Å². The average Bonchev–Trinajstić information content (AvgIpc) is 0.934. The summed E-state index contributed by atoms with van der Waals surface area (Å²) in [6.45, 7) is 10.4. The van der Waals surface area contributed by atoms with Crippen LogP contribution in [0.3, 0.4) is 0 Å². The molecule has 0 aromatic heterocycles. The molecule has 18 nitrogen and oxygen atoms in total. The van der Waals surface area contributed by atoms with Crippen molar-refractivity contribution in [1.82, 2.24) is 0 Å². The Bertz CT molecular complexity index is 3770. The van der Waals surface area contributed by atoms with E-state index in [0.29, 0.717) is 77.0 Å². The second kappa shape index (κ2) is 111. The Morgan fingerprint density at radius 3 is 0.791 bits per heavy atom. The highest BCUT2D eigenvalue weighted by Gasteiger charge is 2.03. The van der Waals surface area contributed by atoms with Crippen LogP contribution in [0, 0.1) is 23.7 Å². The molecule has 0 saturated carbocycles. The number of carboxylic acids is 5. The second-order valence-corrected chi connectivity index (χ2v) is 28.1. The van der Waals surface area contributed by atoms with Gasteiger partial charge < -0.3 is 46.0 Å². The standard InChI is InChI=1S/C23H32O2.C22H32O5.C22H30O4.C22H32O4.C22H32O3/c1-2-3-4-5-6-7-8-9-10-11-12-13-14-15-16-17-18-19-20-21-22-23(24)25;1-2-3-10-15-20(23)16-11-7-5-4-6-8-12-17-21(27-26)18-13-9-14-19-22(24)25;1-2-3-10-15-20(23)16-11-7-5-4-6-8-12-17-21(24)18-13-9-14-19-22(25)26;1-2-3-15-18-21(26-25)19-16-13-11-9-7-5-4-6-8-10-12-14-17-20-22(23)24;1-2-3-15-18-21(23)19-16-13-11-9-7-5-4-6-8-10-12-14-17-20-22(24)25/h3-4,6-7,9-10,12-13,15-16H,2,5,8,11,14,17,20-22H2,1H3,(H,24,25);3,5-13,16-17,20-21,23,26H,2,4,14-15,18-19H2,1H3,(H,24,25);3,5-8,10-12,16-17,20-21,23-24H,2,4,14-15,18-19H2,1H3,(H,25,26);3,5-8,11-16,19,21,25H,2,4,9-10,17-18,20H2,1H3,(H,23,24);3,5-8,11-16,19,21,23H,2,4,9-10,17-18,20H2,1H3,(H,24,25)/b4-3-,7-6-,10-9-,13-12-,16-15-;7-5-,8-6-,10-3-,13-9-,16-11+,17-12+;7-5-,8-6-,10-3-,16-11+,17-12+;2*7-5-,8-6-,13-11-,14-12-,15-3-,19-16+/t;;20-,21+;2*21-/m..001/s1. The van der Waals surface area contributed by atoms with E-state index in [1.807, 2.05) is 164 Å². The summed E-state index contributed by atoms with van der Waals surface area (Å²) in [5.41, 5.74) is 0. The van der Waals surface area contributed by atoms with Crippen LogP contribution in [-0.4, -0.2) is 123 Å². The number of rotatable bonds is 69. The van der Waals surface area contributed by atoms with E-state index < -0.39 is 60.4 Å². The minimum atomic E-state index is -0.866. The lowest BCUT2D eigenvalue weighted by Crippen LogP contribution is -2.05. The van der Waals surface area contributed by atoms with E-state index in [-0.39, 0.29) is 38.2 Å². The van der Waals surface area contributed by atoms with Crippen molar-refractivity contribution in [3.05, 3.63) is 340 Å². The first-order valence-electron chi connectivity index (χ1n) is 45.5. The van der Waals surface area contributed by atoms with Crippen LogP contribution in [0.5, 0.6) is 0 Å². The predicted molar refractivity (Wildman–Crippen MR) is 539 cm³/mol. The number of allylic oxidation sites excluding steroid dienone is 45. The molecule has 710 valence electrons. The van der Waals surface area contributed by atoms with Crippen molar-refractivity contribution in [2.24, 2.45) is 0 Å². The second-order valence-electron chi connectivity index (χ2n) is 28.1. The van der Waals surface area contributed by atoms with Crippen LogP contribution in [0.4, 0.5) is 0 Å². The van der Waals surface area contributed by atoms with Gasteiger partial charge >= 0.3 is 29.8 Å². The molecule has 0 aliphatic heterocycles. The van der Waals surface area contributed by atoms with Gasteiger partial charge in [-0.25, -0.2) is 9.78 Å². The average molecular weight is 1780 g/mol. The van der Waals surface area contributed by atoms with Gasteiger partial charge in [-0.15, -0.1) is 17.8 Å². The van der Waals surface area contributed by atoms with Gasteiger partial charge in [-0.05, 0) is 167 Å². The van der Waals surface area contributed by atoms with Gasteiger partial charge in [0.1, 0.15) is 12.2 Å². The maximum atomic E-state index is 10.4. The van der Waals surface area contributed by atoms with Crippen LogP contribution < -0.4 is 0 Å². The van der Waals surface area contributed by atoms with Gasteiger partial charge in [0.15, 0.2) is 0 Å². The zero-order valence-corrected chi connectivity index (χ0v) is 77.8. The molecule has 0 aromatic carbocycles. The fourth-order valence-corrected chi connectivity index (χ4v) is 9.42. The first kappa shape index (κ1) is 126. The fourth-order valence-electron chi connectivity index (χ4n) is 9.42. The Hall–Kier alpha value is -11.1. The van der Waals surface area contributed by atoms with Gasteiger partial charge in [0.05, 0.1) is 30.8 Å². The number of carbonyl (C=O) groups is 5. The molecule has 129 heavy (non-hydrogen) atoms. The highest BCUT2D eigenvalue weighted by molar-refractivity contribution is 5.68. The summed E-state index contributed by atoms with van der Waals surface area (Å²) < 4.78 is 0. The third-order valence-electron chi connectivity index (χ3n) is 16.2. The lowest BCUT2D eigenvalue weighted by molar-refractivity contribution is -0.264. The van der Waals surface area contributed by atoms with Crippen LogP contribution >= 0.6 is 0 Å². The van der Waals surface area contributed by atoms with Crippen molar-refractivity contribution in [1.29, 1.82) is 0 Å². The van der Waals surface area contributed by atoms with Crippen molar-refractivity contribution in [3.63, 3.8) is 0 Å². The monoisotopic (exact) mass is 1780 g/mol. The van der Waals surface area contributed by atoms with Gasteiger partial charge in [-0.1, -0.05) is 381 Å². The molecule has 0 rings (SSSR count). The van der Waals surface area contributed by atoms with Crippen molar-refractivity contribution in [2.75, 3.05) is 0 Å². The van der Waals surface area contributed by atoms with E-state index in [4.69, 9.17) is 36.0 Å². The van der Waals surface area contributed by atoms with Crippen molar-refractivity contribution in [3.8, 4) is 23.7 Å². The Morgan fingerprint density at radius 1 is 0.240 bits per heavy atom. The Balaban J connectivity index is -0.000000497. The lowest BCUT2D eigenvalue weighted by atomic mass is 10.2. The molecule has 0 radical (unpaired) electrons. The van der Waals surface area contributed by atoms with Gasteiger partial charge in [-0.2, -0.15) is 0 Å². The highest BCUT2D eigenvalue weighted by atomic mass is 17.1. The number of hydrogen-bond donors (Lipinski definition) is 11.